The number of hydrogen-bond acceptors (Lipinski definition) is 3. The van der Waals surface area contributed by atoms with E-state index in [4.69, 9.17) is 0 Å². The van der Waals surface area contributed by atoms with Crippen molar-refractivity contribution in [2.24, 2.45) is 23.7 Å². The van der Waals surface area contributed by atoms with E-state index in [2.05, 4.69) is 37.9 Å². The van der Waals surface area contributed by atoms with E-state index < -0.39 is 0 Å². The van der Waals surface area contributed by atoms with Gasteiger partial charge in [-0.3, -0.25) is 0 Å². The van der Waals surface area contributed by atoms with Crippen LogP contribution in [0.5, 0.6) is 0 Å². The monoisotopic (exact) mass is 296 g/mol. The fourth-order valence-electron chi connectivity index (χ4n) is 4.25. The van der Waals surface area contributed by atoms with Crippen LogP contribution in [0.4, 0.5) is 0 Å². The summed E-state index contributed by atoms with van der Waals surface area (Å²) in [5.41, 5.74) is 0. The van der Waals surface area contributed by atoms with Gasteiger partial charge in [0, 0.05) is 19.1 Å². The second-order valence-corrected chi connectivity index (χ2v) is 7.83. The second kappa shape index (κ2) is 7.94. The molecule has 0 bridgehead atoms. The maximum absolute atomic E-state index is 10.1. The summed E-state index contributed by atoms with van der Waals surface area (Å²) in [7, 11) is 0. The topological polar surface area (TPSA) is 35.5 Å². The summed E-state index contributed by atoms with van der Waals surface area (Å²) < 4.78 is 0. The molecule has 1 heterocycles. The van der Waals surface area contributed by atoms with E-state index in [-0.39, 0.29) is 6.10 Å². The predicted octanol–water partition coefficient (Wildman–Crippen LogP) is 2.74. The Bertz CT molecular complexity index is 308. The summed E-state index contributed by atoms with van der Waals surface area (Å²) in [6.45, 7) is 13.4. The summed E-state index contributed by atoms with van der Waals surface area (Å²) >= 11 is 0. The molecule has 124 valence electrons. The first kappa shape index (κ1) is 17.2. The van der Waals surface area contributed by atoms with Crippen molar-refractivity contribution in [3.63, 3.8) is 0 Å². The molecule has 1 saturated heterocycles. The van der Waals surface area contributed by atoms with Crippen molar-refractivity contribution in [1.82, 2.24) is 10.2 Å². The minimum atomic E-state index is -0.124. The van der Waals surface area contributed by atoms with Crippen LogP contribution in [0.3, 0.4) is 0 Å². The Morgan fingerprint density at radius 3 is 2.62 bits per heavy atom. The zero-order chi connectivity index (χ0) is 15.4. The lowest BCUT2D eigenvalue weighted by molar-refractivity contribution is 0.0133. The highest BCUT2D eigenvalue weighted by Gasteiger charge is 2.34. The molecule has 0 aromatic carbocycles. The molecule has 5 unspecified atom stereocenters. The average molecular weight is 296 g/mol. The van der Waals surface area contributed by atoms with Crippen LogP contribution in [-0.2, 0) is 0 Å². The molecular weight excluding hydrogens is 260 g/mol. The number of hydrogen-bond donors (Lipinski definition) is 2. The normalized spacial score (nSPS) is 38.9. The Morgan fingerprint density at radius 2 is 2.00 bits per heavy atom. The van der Waals surface area contributed by atoms with E-state index in [0.29, 0.717) is 12.0 Å². The maximum atomic E-state index is 10.1. The molecule has 2 rings (SSSR count). The van der Waals surface area contributed by atoms with Gasteiger partial charge in [0.1, 0.15) is 0 Å². The summed E-state index contributed by atoms with van der Waals surface area (Å²) in [5.74, 6) is 2.92. The van der Waals surface area contributed by atoms with Crippen molar-refractivity contribution in [2.45, 2.75) is 65.5 Å². The first-order valence-electron chi connectivity index (χ1n) is 9.15. The minimum absolute atomic E-state index is 0.124. The molecule has 2 fully saturated rings. The van der Waals surface area contributed by atoms with Crippen molar-refractivity contribution >= 4 is 0 Å². The minimum Gasteiger partial charge on any atom is -0.392 e. The van der Waals surface area contributed by atoms with Crippen LogP contribution >= 0.6 is 0 Å². The Kier molecular flexibility index (Phi) is 6.51. The first-order chi connectivity index (χ1) is 10.0. The zero-order valence-corrected chi connectivity index (χ0v) is 14.5. The number of likely N-dealkylation sites (tertiary alicyclic amines) is 1. The molecule has 2 aliphatic rings. The number of piperidine rings is 1. The molecule has 0 amide bonds. The lowest BCUT2D eigenvalue weighted by Gasteiger charge is -2.42. The Hall–Kier alpha value is -0.120. The van der Waals surface area contributed by atoms with Crippen molar-refractivity contribution in [3.05, 3.63) is 0 Å². The number of nitrogens with zero attached hydrogens (tertiary/aromatic N) is 1. The van der Waals surface area contributed by atoms with Crippen LogP contribution in [-0.4, -0.2) is 48.3 Å². The SMILES string of the molecule is CCNC1CCC(C(C)C)CC1CN1CCC(C)C(O)C1. The average Bonchev–Trinajstić information content (AvgIpc) is 2.45. The Balaban J connectivity index is 1.92. The van der Waals surface area contributed by atoms with Crippen LogP contribution < -0.4 is 5.32 Å². The number of aliphatic hydroxyl groups excluding tert-OH is 1. The summed E-state index contributed by atoms with van der Waals surface area (Å²) in [6.07, 6.45) is 5.09. The van der Waals surface area contributed by atoms with Crippen LogP contribution in [0, 0.1) is 23.7 Å². The molecule has 3 nitrogen and oxygen atoms in total. The van der Waals surface area contributed by atoms with E-state index in [1.54, 1.807) is 0 Å². The Labute approximate surface area is 131 Å². The molecule has 0 aromatic rings. The molecule has 0 radical (unpaired) electrons. The van der Waals surface area contributed by atoms with Crippen molar-refractivity contribution < 1.29 is 5.11 Å². The molecule has 1 aliphatic heterocycles. The van der Waals surface area contributed by atoms with Crippen LogP contribution in [0.25, 0.3) is 0 Å². The van der Waals surface area contributed by atoms with Gasteiger partial charge < -0.3 is 15.3 Å². The third-order valence-electron chi connectivity index (χ3n) is 5.93. The molecular formula is C18H36N2O. The molecule has 1 saturated carbocycles. The van der Waals surface area contributed by atoms with Crippen molar-refractivity contribution in [3.8, 4) is 0 Å². The van der Waals surface area contributed by atoms with Gasteiger partial charge in [-0.25, -0.2) is 0 Å². The number of β-amino-alcohol motifs (C(OH)–C–C–N with tert-alkyl or cyclic N) is 1. The van der Waals surface area contributed by atoms with E-state index in [9.17, 15) is 5.11 Å². The number of nitrogens with one attached hydrogen (secondary N) is 1. The van der Waals surface area contributed by atoms with Crippen molar-refractivity contribution in [2.75, 3.05) is 26.2 Å². The first-order valence-corrected chi connectivity index (χ1v) is 9.15. The third-order valence-corrected chi connectivity index (χ3v) is 5.93. The fourth-order valence-corrected chi connectivity index (χ4v) is 4.25. The summed E-state index contributed by atoms with van der Waals surface area (Å²) in [4.78, 5) is 2.52. The van der Waals surface area contributed by atoms with E-state index >= 15 is 0 Å². The van der Waals surface area contributed by atoms with E-state index in [1.165, 1.54) is 32.4 Å². The van der Waals surface area contributed by atoms with Gasteiger partial charge in [0.25, 0.3) is 0 Å². The smallest absolute Gasteiger partial charge is 0.0693 e. The van der Waals surface area contributed by atoms with Crippen LogP contribution in [0.15, 0.2) is 0 Å². The number of rotatable bonds is 5. The molecule has 2 N–H and O–H groups in total. The molecule has 21 heavy (non-hydrogen) atoms. The predicted molar refractivity (Wildman–Crippen MR) is 89.4 cm³/mol. The van der Waals surface area contributed by atoms with Gasteiger partial charge in [-0.15, -0.1) is 0 Å². The van der Waals surface area contributed by atoms with Gasteiger partial charge in [0.2, 0.25) is 0 Å². The van der Waals surface area contributed by atoms with Gasteiger partial charge in [-0.05, 0) is 62.4 Å². The van der Waals surface area contributed by atoms with Gasteiger partial charge in [0.15, 0.2) is 0 Å². The van der Waals surface area contributed by atoms with Gasteiger partial charge in [-0.2, -0.15) is 0 Å². The highest BCUT2D eigenvalue weighted by Crippen LogP contribution is 2.35. The maximum Gasteiger partial charge on any atom is 0.0693 e. The molecule has 0 spiro atoms. The molecule has 0 aromatic heterocycles. The van der Waals surface area contributed by atoms with Gasteiger partial charge in [-0.1, -0.05) is 27.7 Å². The molecule has 3 heteroatoms. The molecule has 5 atom stereocenters. The Morgan fingerprint density at radius 1 is 1.24 bits per heavy atom. The highest BCUT2D eigenvalue weighted by molar-refractivity contribution is 4.89. The third kappa shape index (κ3) is 4.67. The molecule has 1 aliphatic carbocycles. The second-order valence-electron chi connectivity index (χ2n) is 7.83. The lowest BCUT2D eigenvalue weighted by Crippen LogP contribution is -2.50. The largest absolute Gasteiger partial charge is 0.392 e. The summed E-state index contributed by atoms with van der Waals surface area (Å²) in [6, 6.07) is 0.682. The van der Waals surface area contributed by atoms with Crippen molar-refractivity contribution in [1.29, 1.82) is 0 Å². The fraction of sp³-hybridized carbons (Fsp3) is 1.00. The van der Waals surface area contributed by atoms with Gasteiger partial charge >= 0.3 is 0 Å². The highest BCUT2D eigenvalue weighted by atomic mass is 16.3. The van der Waals surface area contributed by atoms with Crippen LogP contribution in [0.2, 0.25) is 0 Å². The van der Waals surface area contributed by atoms with Crippen LogP contribution in [0.1, 0.15) is 53.4 Å². The van der Waals surface area contributed by atoms with E-state index in [0.717, 1.165) is 37.3 Å². The zero-order valence-electron chi connectivity index (χ0n) is 14.5. The quantitative estimate of drug-likeness (QED) is 0.819. The standard InChI is InChI=1S/C18H36N2O/c1-5-19-17-7-6-15(13(2)3)10-16(17)11-20-9-8-14(4)18(21)12-20/h13-19,21H,5-12H2,1-4H3. The van der Waals surface area contributed by atoms with Gasteiger partial charge in [0.05, 0.1) is 6.10 Å². The summed E-state index contributed by atoms with van der Waals surface area (Å²) in [5, 5.41) is 13.8. The lowest BCUT2D eigenvalue weighted by atomic mass is 9.73. The van der Waals surface area contributed by atoms with E-state index in [1.807, 2.05) is 0 Å². The number of aliphatic hydroxyl groups is 1.